The third kappa shape index (κ3) is 5.36. The van der Waals surface area contributed by atoms with Gasteiger partial charge in [-0.25, -0.2) is 9.82 Å². The second kappa shape index (κ2) is 9.95. The Bertz CT molecular complexity index is 968. The van der Waals surface area contributed by atoms with Crippen molar-refractivity contribution in [2.75, 3.05) is 5.88 Å². The minimum absolute atomic E-state index is 0.163. The van der Waals surface area contributed by atoms with Crippen LogP contribution in [0, 0.1) is 5.82 Å². The lowest BCUT2D eigenvalue weighted by molar-refractivity contribution is -0.121. The van der Waals surface area contributed by atoms with Crippen molar-refractivity contribution < 1.29 is 9.18 Å². The molecule has 28 heavy (non-hydrogen) atoms. The number of aromatic nitrogens is 1. The zero-order valence-electron chi connectivity index (χ0n) is 15.4. The molecule has 1 amide bonds. The van der Waals surface area contributed by atoms with Crippen LogP contribution in [0.15, 0.2) is 65.9 Å². The third-order valence-corrected chi connectivity index (χ3v) is 4.64. The number of nitrogens with one attached hydrogen (secondary N) is 1. The van der Waals surface area contributed by atoms with E-state index in [4.69, 9.17) is 11.6 Å². The van der Waals surface area contributed by atoms with Gasteiger partial charge in [0.15, 0.2) is 0 Å². The fourth-order valence-corrected chi connectivity index (χ4v) is 3.09. The summed E-state index contributed by atoms with van der Waals surface area (Å²) in [4.78, 5) is 16.4. The van der Waals surface area contributed by atoms with Crippen LogP contribution < -0.4 is 5.43 Å². The van der Waals surface area contributed by atoms with Gasteiger partial charge in [0.1, 0.15) is 5.82 Å². The number of unbranched alkanes of at least 4 members (excludes halogenated alkanes) is 1. The number of hydrazone groups is 1. The number of carbonyl (C=O) groups is 1. The highest BCUT2D eigenvalue weighted by Gasteiger charge is 2.10. The van der Waals surface area contributed by atoms with Crippen molar-refractivity contribution in [2.24, 2.45) is 5.10 Å². The average molecular weight is 398 g/mol. The van der Waals surface area contributed by atoms with Crippen LogP contribution in [-0.2, 0) is 11.2 Å². The summed E-state index contributed by atoms with van der Waals surface area (Å²) in [5, 5.41) is 5.37. The molecule has 0 aliphatic heterocycles. The van der Waals surface area contributed by atoms with E-state index in [2.05, 4.69) is 15.5 Å². The van der Waals surface area contributed by atoms with Crippen molar-refractivity contribution in [2.45, 2.75) is 25.7 Å². The number of carbonyl (C=O) groups excluding carboxylic acids is 1. The van der Waals surface area contributed by atoms with Gasteiger partial charge in [-0.2, -0.15) is 5.10 Å². The number of hydrogen-bond acceptors (Lipinski definition) is 3. The molecule has 0 unspecified atom stereocenters. The molecule has 0 aliphatic carbocycles. The molecule has 6 heteroatoms. The minimum Gasteiger partial charge on any atom is -0.273 e. The quantitative estimate of drug-likeness (QED) is 0.256. The molecule has 0 aliphatic rings. The fraction of sp³-hybridized carbons (Fsp3) is 0.227. The highest BCUT2D eigenvalue weighted by atomic mass is 35.5. The van der Waals surface area contributed by atoms with E-state index in [0.29, 0.717) is 30.9 Å². The maximum Gasteiger partial charge on any atom is 0.240 e. The van der Waals surface area contributed by atoms with Crippen LogP contribution in [0.3, 0.4) is 0 Å². The Balaban J connectivity index is 1.86. The molecule has 144 valence electrons. The van der Waals surface area contributed by atoms with Gasteiger partial charge in [0.05, 0.1) is 11.2 Å². The topological polar surface area (TPSA) is 54.4 Å². The van der Waals surface area contributed by atoms with Crippen LogP contribution >= 0.6 is 11.6 Å². The Morgan fingerprint density at radius 2 is 1.86 bits per heavy atom. The van der Waals surface area contributed by atoms with Crippen LogP contribution in [0.5, 0.6) is 0 Å². The second-order valence-electron chi connectivity index (χ2n) is 6.41. The summed E-state index contributed by atoms with van der Waals surface area (Å²) in [5.41, 5.74) is 5.95. The number of benzene rings is 2. The Hall–Kier alpha value is -2.79. The molecular formula is C22H21ClFN3O. The normalized spacial score (nSPS) is 11.6. The molecule has 0 atom stereocenters. The van der Waals surface area contributed by atoms with E-state index in [1.165, 1.54) is 12.1 Å². The van der Waals surface area contributed by atoms with Crippen LogP contribution in [0.1, 0.15) is 30.4 Å². The number of nitrogens with zero attached hydrogens (tertiary/aromatic N) is 2. The van der Waals surface area contributed by atoms with E-state index in [1.807, 2.05) is 30.3 Å². The van der Waals surface area contributed by atoms with Crippen LogP contribution in [0.4, 0.5) is 4.39 Å². The molecule has 1 N–H and O–H groups in total. The first-order valence-corrected chi connectivity index (χ1v) is 9.71. The summed E-state index contributed by atoms with van der Waals surface area (Å²) < 4.78 is 13.3. The van der Waals surface area contributed by atoms with Crippen LogP contribution in [-0.4, -0.2) is 22.5 Å². The number of fused-ring (bicyclic) bond motifs is 1. The zero-order chi connectivity index (χ0) is 19.8. The number of rotatable bonds is 8. The molecule has 3 aromatic rings. The highest BCUT2D eigenvalue weighted by molar-refractivity contribution is 6.17. The first-order chi connectivity index (χ1) is 13.7. The molecule has 2 aromatic carbocycles. The van der Waals surface area contributed by atoms with Gasteiger partial charge in [0.25, 0.3) is 0 Å². The van der Waals surface area contributed by atoms with E-state index < -0.39 is 0 Å². The van der Waals surface area contributed by atoms with Gasteiger partial charge >= 0.3 is 0 Å². The Labute approximate surface area is 168 Å². The first kappa shape index (κ1) is 20.0. The lowest BCUT2D eigenvalue weighted by Crippen LogP contribution is -2.20. The van der Waals surface area contributed by atoms with Gasteiger partial charge in [0.2, 0.25) is 5.91 Å². The van der Waals surface area contributed by atoms with Crippen molar-refractivity contribution >= 4 is 34.1 Å². The maximum absolute atomic E-state index is 13.3. The monoisotopic (exact) mass is 397 g/mol. The molecule has 0 saturated heterocycles. The maximum atomic E-state index is 13.3. The standard InChI is InChI=1S/C22H21ClFN3O/c23-13-4-3-7-22(28)27-26-21(16-8-10-18(24)11-9-16)15-17-12-14-25-20-6-2-1-5-19(17)20/h1-2,5-6,8-12,14H,3-4,7,13,15H2,(H,27,28). The lowest BCUT2D eigenvalue weighted by atomic mass is 9.99. The zero-order valence-corrected chi connectivity index (χ0v) is 16.1. The van der Waals surface area contributed by atoms with Crippen LogP contribution in [0.2, 0.25) is 0 Å². The molecule has 0 bridgehead atoms. The van der Waals surface area contributed by atoms with Gasteiger partial charge < -0.3 is 0 Å². The predicted octanol–water partition coefficient (Wildman–Crippen LogP) is 4.85. The van der Waals surface area contributed by atoms with E-state index in [9.17, 15) is 9.18 Å². The molecule has 0 fully saturated rings. The number of para-hydroxylation sites is 1. The predicted molar refractivity (Wildman–Crippen MR) is 111 cm³/mol. The Morgan fingerprint density at radius 3 is 2.64 bits per heavy atom. The van der Waals surface area contributed by atoms with E-state index in [1.54, 1.807) is 18.3 Å². The van der Waals surface area contributed by atoms with E-state index in [0.717, 1.165) is 28.5 Å². The molecular weight excluding hydrogens is 377 g/mol. The molecule has 1 heterocycles. The van der Waals surface area contributed by atoms with Crippen molar-refractivity contribution in [3.63, 3.8) is 0 Å². The van der Waals surface area contributed by atoms with Gasteiger partial charge in [-0.3, -0.25) is 9.78 Å². The Morgan fingerprint density at radius 1 is 1.07 bits per heavy atom. The summed E-state index contributed by atoms with van der Waals surface area (Å²) in [6.45, 7) is 0. The van der Waals surface area contributed by atoms with Crippen molar-refractivity contribution in [3.05, 3.63) is 77.7 Å². The summed E-state index contributed by atoms with van der Waals surface area (Å²) in [5.74, 6) is 0.0545. The SMILES string of the molecule is O=C(CCCCCl)NN=C(Cc1ccnc2ccccc12)c1ccc(F)cc1. The van der Waals surface area contributed by atoms with Crippen molar-refractivity contribution in [3.8, 4) is 0 Å². The summed E-state index contributed by atoms with van der Waals surface area (Å²) in [6.07, 6.45) is 4.10. The van der Waals surface area contributed by atoms with Gasteiger partial charge in [-0.1, -0.05) is 30.3 Å². The molecule has 0 spiro atoms. The number of halogens is 2. The largest absolute Gasteiger partial charge is 0.273 e. The second-order valence-corrected chi connectivity index (χ2v) is 6.79. The molecule has 0 saturated carbocycles. The smallest absolute Gasteiger partial charge is 0.240 e. The van der Waals surface area contributed by atoms with E-state index >= 15 is 0 Å². The molecule has 4 nitrogen and oxygen atoms in total. The van der Waals surface area contributed by atoms with Gasteiger partial charge in [-0.15, -0.1) is 11.6 Å². The van der Waals surface area contributed by atoms with Crippen LogP contribution in [0.25, 0.3) is 10.9 Å². The number of pyridine rings is 1. The molecule has 0 radical (unpaired) electrons. The number of hydrogen-bond donors (Lipinski definition) is 1. The summed E-state index contributed by atoms with van der Waals surface area (Å²) >= 11 is 5.65. The molecule has 3 rings (SSSR count). The van der Waals surface area contributed by atoms with Crippen molar-refractivity contribution in [1.82, 2.24) is 10.4 Å². The number of alkyl halides is 1. The van der Waals surface area contributed by atoms with Gasteiger partial charge in [0, 0.05) is 30.3 Å². The third-order valence-electron chi connectivity index (χ3n) is 4.38. The number of amides is 1. The summed E-state index contributed by atoms with van der Waals surface area (Å²) in [7, 11) is 0. The van der Waals surface area contributed by atoms with Gasteiger partial charge in [-0.05, 0) is 48.2 Å². The minimum atomic E-state index is -0.317. The fourth-order valence-electron chi connectivity index (χ4n) is 2.90. The average Bonchev–Trinajstić information content (AvgIpc) is 2.72. The summed E-state index contributed by atoms with van der Waals surface area (Å²) in [6, 6.07) is 15.9. The van der Waals surface area contributed by atoms with E-state index in [-0.39, 0.29) is 11.7 Å². The van der Waals surface area contributed by atoms with Crippen molar-refractivity contribution in [1.29, 1.82) is 0 Å². The lowest BCUT2D eigenvalue weighted by Gasteiger charge is -2.10. The molecule has 1 aromatic heterocycles. The highest BCUT2D eigenvalue weighted by Crippen LogP contribution is 2.19. The Kier molecular flexibility index (Phi) is 7.09. The first-order valence-electron chi connectivity index (χ1n) is 9.17.